The Morgan fingerprint density at radius 1 is 1.19 bits per heavy atom. The van der Waals surface area contributed by atoms with Crippen molar-refractivity contribution in [3.63, 3.8) is 0 Å². The van der Waals surface area contributed by atoms with E-state index in [-0.39, 0.29) is 23.5 Å². The van der Waals surface area contributed by atoms with Crippen molar-refractivity contribution in [2.24, 2.45) is 0 Å². The molecule has 4 rings (SSSR count). The quantitative estimate of drug-likeness (QED) is 0.637. The van der Waals surface area contributed by atoms with Crippen LogP contribution in [0.2, 0.25) is 5.15 Å². The standard InChI is InChI=1S/C22H27ClN4O3S/c1-17-20(22(23)27(24-17)15-18-5-3-2-4-6-18)7-8-21(28)26-12-10-25(11-13-26)19-9-14-31(29,30)16-19/h2-8,19H,9-16H2,1H3. The molecule has 0 saturated carbocycles. The first-order valence-corrected chi connectivity index (χ1v) is 12.7. The van der Waals surface area contributed by atoms with Gasteiger partial charge in [-0.15, -0.1) is 0 Å². The van der Waals surface area contributed by atoms with Gasteiger partial charge in [0, 0.05) is 43.9 Å². The molecule has 2 aromatic rings. The van der Waals surface area contributed by atoms with Crippen molar-refractivity contribution >= 4 is 33.4 Å². The normalized spacial score (nSPS) is 21.7. The van der Waals surface area contributed by atoms with Crippen molar-refractivity contribution in [3.8, 4) is 0 Å². The highest BCUT2D eigenvalue weighted by atomic mass is 35.5. The Hall–Kier alpha value is -2.16. The second-order valence-corrected chi connectivity index (χ2v) is 10.8. The zero-order valence-corrected chi connectivity index (χ0v) is 19.1. The van der Waals surface area contributed by atoms with Gasteiger partial charge in [-0.25, -0.2) is 13.1 Å². The van der Waals surface area contributed by atoms with Crippen LogP contribution in [0, 0.1) is 6.92 Å². The van der Waals surface area contributed by atoms with Gasteiger partial charge < -0.3 is 4.90 Å². The van der Waals surface area contributed by atoms with Gasteiger partial charge in [0.2, 0.25) is 5.91 Å². The zero-order valence-electron chi connectivity index (χ0n) is 17.6. The number of hydrogen-bond donors (Lipinski definition) is 0. The van der Waals surface area contributed by atoms with Gasteiger partial charge in [-0.3, -0.25) is 9.69 Å². The molecule has 1 aromatic heterocycles. The summed E-state index contributed by atoms with van der Waals surface area (Å²) < 4.78 is 25.2. The van der Waals surface area contributed by atoms with Crippen LogP contribution in [-0.4, -0.2) is 77.6 Å². The fourth-order valence-electron chi connectivity index (χ4n) is 4.25. The van der Waals surface area contributed by atoms with Crippen LogP contribution in [0.1, 0.15) is 23.2 Å². The van der Waals surface area contributed by atoms with Gasteiger partial charge in [0.05, 0.1) is 23.7 Å². The number of benzene rings is 1. The predicted octanol–water partition coefficient (Wildman–Crippen LogP) is 2.24. The molecule has 0 radical (unpaired) electrons. The van der Waals surface area contributed by atoms with E-state index in [1.165, 1.54) is 0 Å². The summed E-state index contributed by atoms with van der Waals surface area (Å²) in [6.45, 7) is 5.05. The Balaban J connectivity index is 1.35. The third-order valence-electron chi connectivity index (χ3n) is 6.03. The Morgan fingerprint density at radius 2 is 1.90 bits per heavy atom. The highest BCUT2D eigenvalue weighted by Gasteiger charge is 2.34. The Bertz CT molecular complexity index is 1070. The number of sulfone groups is 1. The number of aromatic nitrogens is 2. The topological polar surface area (TPSA) is 75.5 Å². The SMILES string of the molecule is Cc1nn(Cc2ccccc2)c(Cl)c1C=CC(=O)N1CCN(C2CCS(=O)(=O)C2)CC1. The second-order valence-electron chi connectivity index (χ2n) is 8.18. The van der Waals surface area contributed by atoms with E-state index in [9.17, 15) is 13.2 Å². The van der Waals surface area contributed by atoms with E-state index < -0.39 is 9.84 Å². The summed E-state index contributed by atoms with van der Waals surface area (Å²) in [6.07, 6.45) is 3.99. The molecule has 3 heterocycles. The number of carbonyl (C=O) groups is 1. The molecule has 7 nitrogen and oxygen atoms in total. The number of rotatable bonds is 5. The van der Waals surface area contributed by atoms with Crippen molar-refractivity contribution in [1.29, 1.82) is 0 Å². The molecule has 1 unspecified atom stereocenters. The number of halogens is 1. The van der Waals surface area contributed by atoms with Gasteiger partial charge in [0.15, 0.2) is 9.84 Å². The highest BCUT2D eigenvalue weighted by molar-refractivity contribution is 7.91. The maximum atomic E-state index is 12.7. The van der Waals surface area contributed by atoms with Crippen molar-refractivity contribution in [1.82, 2.24) is 19.6 Å². The van der Waals surface area contributed by atoms with Crippen LogP contribution in [0.5, 0.6) is 0 Å². The fourth-order valence-corrected chi connectivity index (χ4v) is 6.31. The molecular weight excluding hydrogens is 436 g/mol. The van der Waals surface area contributed by atoms with Gasteiger partial charge in [-0.05, 0) is 25.0 Å². The molecule has 31 heavy (non-hydrogen) atoms. The van der Waals surface area contributed by atoms with Crippen LogP contribution >= 0.6 is 11.6 Å². The maximum absolute atomic E-state index is 12.7. The first kappa shape index (κ1) is 22.0. The van der Waals surface area contributed by atoms with Crippen molar-refractivity contribution < 1.29 is 13.2 Å². The minimum atomic E-state index is -2.89. The minimum absolute atomic E-state index is 0.0648. The third kappa shape index (κ3) is 5.19. The van der Waals surface area contributed by atoms with Crippen molar-refractivity contribution in [2.75, 3.05) is 37.7 Å². The van der Waals surface area contributed by atoms with E-state index in [0.29, 0.717) is 44.3 Å². The van der Waals surface area contributed by atoms with Crippen LogP contribution in [0.15, 0.2) is 36.4 Å². The second kappa shape index (κ2) is 9.14. The average Bonchev–Trinajstić information content (AvgIpc) is 3.25. The molecule has 2 fully saturated rings. The highest BCUT2D eigenvalue weighted by Crippen LogP contribution is 2.23. The van der Waals surface area contributed by atoms with Crippen LogP contribution in [-0.2, 0) is 21.2 Å². The minimum Gasteiger partial charge on any atom is -0.337 e. The number of hydrogen-bond acceptors (Lipinski definition) is 5. The van der Waals surface area contributed by atoms with E-state index in [0.717, 1.165) is 16.8 Å². The lowest BCUT2D eigenvalue weighted by atomic mass is 10.2. The number of piperazine rings is 1. The lowest BCUT2D eigenvalue weighted by molar-refractivity contribution is -0.127. The van der Waals surface area contributed by atoms with E-state index in [1.807, 2.05) is 37.3 Å². The van der Waals surface area contributed by atoms with Crippen LogP contribution in [0.25, 0.3) is 6.08 Å². The molecule has 9 heteroatoms. The molecule has 1 atom stereocenters. The molecule has 2 aliphatic heterocycles. The molecule has 1 aromatic carbocycles. The molecule has 0 spiro atoms. The van der Waals surface area contributed by atoms with Crippen LogP contribution in [0.4, 0.5) is 0 Å². The Morgan fingerprint density at radius 3 is 2.55 bits per heavy atom. The van der Waals surface area contributed by atoms with E-state index in [4.69, 9.17) is 11.6 Å². The van der Waals surface area contributed by atoms with Gasteiger partial charge in [0.1, 0.15) is 5.15 Å². The van der Waals surface area contributed by atoms with Gasteiger partial charge in [-0.2, -0.15) is 5.10 Å². The smallest absolute Gasteiger partial charge is 0.246 e. The number of nitrogens with zero attached hydrogens (tertiary/aromatic N) is 4. The number of carbonyl (C=O) groups excluding carboxylic acids is 1. The molecule has 0 aliphatic carbocycles. The number of amides is 1. The summed E-state index contributed by atoms with van der Waals surface area (Å²) >= 11 is 6.53. The van der Waals surface area contributed by atoms with Crippen LogP contribution < -0.4 is 0 Å². The van der Waals surface area contributed by atoms with E-state index >= 15 is 0 Å². The third-order valence-corrected chi connectivity index (χ3v) is 8.18. The summed E-state index contributed by atoms with van der Waals surface area (Å²) in [6, 6.07) is 10.1. The summed E-state index contributed by atoms with van der Waals surface area (Å²) in [7, 11) is -2.89. The largest absolute Gasteiger partial charge is 0.337 e. The maximum Gasteiger partial charge on any atom is 0.246 e. The van der Waals surface area contributed by atoms with Gasteiger partial charge >= 0.3 is 0 Å². The summed E-state index contributed by atoms with van der Waals surface area (Å²) in [5.74, 6) is 0.452. The first-order chi connectivity index (χ1) is 14.8. The molecule has 0 bridgehead atoms. The monoisotopic (exact) mass is 462 g/mol. The predicted molar refractivity (Wildman–Crippen MR) is 122 cm³/mol. The van der Waals surface area contributed by atoms with Crippen molar-refractivity contribution in [2.45, 2.75) is 25.9 Å². The van der Waals surface area contributed by atoms with E-state index in [1.54, 1.807) is 21.7 Å². The fraction of sp³-hybridized carbons (Fsp3) is 0.455. The molecule has 2 saturated heterocycles. The lowest BCUT2D eigenvalue weighted by Gasteiger charge is -2.37. The summed E-state index contributed by atoms with van der Waals surface area (Å²) in [5.41, 5.74) is 2.63. The molecular formula is C22H27ClN4O3S. The Labute approximate surface area is 188 Å². The Kier molecular flexibility index (Phi) is 6.50. The zero-order chi connectivity index (χ0) is 22.0. The van der Waals surface area contributed by atoms with Crippen LogP contribution in [0.3, 0.4) is 0 Å². The number of aryl methyl sites for hydroxylation is 1. The molecule has 0 N–H and O–H groups in total. The van der Waals surface area contributed by atoms with Gasteiger partial charge in [0.25, 0.3) is 0 Å². The summed E-state index contributed by atoms with van der Waals surface area (Å²) in [4.78, 5) is 16.7. The summed E-state index contributed by atoms with van der Waals surface area (Å²) in [5, 5.41) is 5.03. The van der Waals surface area contributed by atoms with Gasteiger partial charge in [-0.1, -0.05) is 41.9 Å². The molecule has 1 amide bonds. The average molecular weight is 463 g/mol. The molecule has 166 valence electrons. The molecule has 2 aliphatic rings. The first-order valence-electron chi connectivity index (χ1n) is 10.5. The lowest BCUT2D eigenvalue weighted by Crippen LogP contribution is -2.52. The van der Waals surface area contributed by atoms with Crippen molar-refractivity contribution in [3.05, 3.63) is 58.4 Å². The van der Waals surface area contributed by atoms with E-state index in [2.05, 4.69) is 10.00 Å².